The third-order valence-corrected chi connectivity index (χ3v) is 3.36. The molecule has 90 valence electrons. The van der Waals surface area contributed by atoms with Crippen molar-refractivity contribution in [3.63, 3.8) is 0 Å². The molecule has 0 atom stereocenters. The molecule has 0 aliphatic heterocycles. The van der Waals surface area contributed by atoms with E-state index >= 15 is 0 Å². The molecule has 1 rings (SSSR count). The predicted octanol–water partition coefficient (Wildman–Crippen LogP) is 1.06. The standard InChI is InChI=1S/C10H17N3O2S/c1-8(2)7-13-16(14,15)10-9(11-3)5-4-6-12-10/h4-6,8,11,13H,7H2,1-3H3. The molecule has 0 amide bonds. The van der Waals surface area contributed by atoms with Gasteiger partial charge in [-0.1, -0.05) is 13.8 Å². The summed E-state index contributed by atoms with van der Waals surface area (Å²) in [5, 5.41) is 2.85. The molecule has 1 aromatic heterocycles. The van der Waals surface area contributed by atoms with Crippen LogP contribution in [-0.4, -0.2) is 27.0 Å². The van der Waals surface area contributed by atoms with E-state index in [4.69, 9.17) is 0 Å². The Morgan fingerprint density at radius 3 is 2.69 bits per heavy atom. The lowest BCUT2D eigenvalue weighted by molar-refractivity contribution is 0.557. The molecule has 16 heavy (non-hydrogen) atoms. The van der Waals surface area contributed by atoms with Gasteiger partial charge in [-0.15, -0.1) is 0 Å². The first-order chi connectivity index (χ1) is 7.47. The van der Waals surface area contributed by atoms with Crippen molar-refractivity contribution in [3.8, 4) is 0 Å². The Hall–Kier alpha value is -1.14. The lowest BCUT2D eigenvalue weighted by Gasteiger charge is -2.11. The maximum Gasteiger partial charge on any atom is 0.260 e. The second kappa shape index (κ2) is 5.27. The average Bonchev–Trinajstić information content (AvgIpc) is 2.26. The SMILES string of the molecule is CNc1cccnc1S(=O)(=O)NCC(C)C. The zero-order chi connectivity index (χ0) is 12.2. The van der Waals surface area contributed by atoms with Crippen molar-refractivity contribution in [2.24, 2.45) is 5.92 Å². The molecule has 0 fully saturated rings. The molecule has 2 N–H and O–H groups in total. The highest BCUT2D eigenvalue weighted by Gasteiger charge is 2.19. The van der Waals surface area contributed by atoms with Crippen LogP contribution in [0.25, 0.3) is 0 Å². The van der Waals surface area contributed by atoms with Crippen molar-refractivity contribution in [2.75, 3.05) is 18.9 Å². The van der Waals surface area contributed by atoms with E-state index in [9.17, 15) is 8.42 Å². The number of nitrogens with zero attached hydrogens (tertiary/aromatic N) is 1. The van der Waals surface area contributed by atoms with Crippen LogP contribution in [0.1, 0.15) is 13.8 Å². The number of aromatic nitrogens is 1. The second-order valence-corrected chi connectivity index (χ2v) is 5.53. The van der Waals surface area contributed by atoms with Crippen LogP contribution < -0.4 is 10.0 Å². The van der Waals surface area contributed by atoms with Gasteiger partial charge in [0.2, 0.25) is 0 Å². The third kappa shape index (κ3) is 3.18. The van der Waals surface area contributed by atoms with E-state index in [-0.39, 0.29) is 10.9 Å². The van der Waals surface area contributed by atoms with E-state index in [0.717, 1.165) is 0 Å². The molecule has 6 heteroatoms. The van der Waals surface area contributed by atoms with Gasteiger partial charge in [0.05, 0.1) is 5.69 Å². The fourth-order valence-electron chi connectivity index (χ4n) is 1.14. The molecule has 1 heterocycles. The number of sulfonamides is 1. The van der Waals surface area contributed by atoms with Crippen LogP contribution in [0.3, 0.4) is 0 Å². The molecule has 0 aromatic carbocycles. The summed E-state index contributed by atoms with van der Waals surface area (Å²) in [6, 6.07) is 3.37. The van der Waals surface area contributed by atoms with Crippen molar-refractivity contribution in [1.29, 1.82) is 0 Å². The summed E-state index contributed by atoms with van der Waals surface area (Å²) in [5.41, 5.74) is 0.499. The molecule has 0 saturated heterocycles. The first-order valence-corrected chi connectivity index (χ1v) is 6.58. The summed E-state index contributed by atoms with van der Waals surface area (Å²) < 4.78 is 26.3. The van der Waals surface area contributed by atoms with Gasteiger partial charge < -0.3 is 5.32 Å². The zero-order valence-electron chi connectivity index (χ0n) is 9.69. The quantitative estimate of drug-likeness (QED) is 0.811. The Labute approximate surface area is 96.3 Å². The normalized spacial score (nSPS) is 11.8. The molecule has 0 aliphatic carbocycles. The highest BCUT2D eigenvalue weighted by molar-refractivity contribution is 7.89. The summed E-state index contributed by atoms with van der Waals surface area (Å²) in [6.07, 6.45) is 1.46. The van der Waals surface area contributed by atoms with Gasteiger partial charge in [-0.05, 0) is 18.1 Å². The summed E-state index contributed by atoms with van der Waals surface area (Å²) in [5.74, 6) is 0.261. The molecule has 0 bridgehead atoms. The Bertz CT molecular complexity index is 443. The van der Waals surface area contributed by atoms with Gasteiger partial charge in [-0.25, -0.2) is 18.1 Å². The highest BCUT2D eigenvalue weighted by Crippen LogP contribution is 2.16. The Morgan fingerprint density at radius 1 is 1.44 bits per heavy atom. The minimum Gasteiger partial charge on any atom is -0.386 e. The number of hydrogen-bond donors (Lipinski definition) is 2. The van der Waals surface area contributed by atoms with Gasteiger partial charge in [-0.3, -0.25) is 0 Å². The van der Waals surface area contributed by atoms with Crippen LogP contribution >= 0.6 is 0 Å². The third-order valence-electron chi connectivity index (χ3n) is 1.98. The maximum atomic E-state index is 11.9. The number of rotatable bonds is 5. The molecule has 0 unspecified atom stereocenters. The molecule has 0 radical (unpaired) electrons. The molecule has 0 aliphatic rings. The van der Waals surface area contributed by atoms with Crippen molar-refractivity contribution < 1.29 is 8.42 Å². The van der Waals surface area contributed by atoms with E-state index in [0.29, 0.717) is 12.2 Å². The first kappa shape index (κ1) is 12.9. The highest BCUT2D eigenvalue weighted by atomic mass is 32.2. The van der Waals surface area contributed by atoms with E-state index < -0.39 is 10.0 Å². The topological polar surface area (TPSA) is 71.1 Å². The molecule has 0 spiro atoms. The van der Waals surface area contributed by atoms with Gasteiger partial charge in [0, 0.05) is 19.8 Å². The molecule has 0 saturated carbocycles. The van der Waals surface area contributed by atoms with Gasteiger partial charge in [0.1, 0.15) is 0 Å². The van der Waals surface area contributed by atoms with Crippen LogP contribution in [0.5, 0.6) is 0 Å². The Morgan fingerprint density at radius 2 is 2.12 bits per heavy atom. The van der Waals surface area contributed by atoms with E-state index in [1.54, 1.807) is 19.2 Å². The summed E-state index contributed by atoms with van der Waals surface area (Å²) >= 11 is 0. The largest absolute Gasteiger partial charge is 0.386 e. The summed E-state index contributed by atoms with van der Waals surface area (Å²) in [7, 11) is -1.86. The molecular formula is C10H17N3O2S. The van der Waals surface area contributed by atoms with Crippen molar-refractivity contribution in [1.82, 2.24) is 9.71 Å². The maximum absolute atomic E-state index is 11.9. The monoisotopic (exact) mass is 243 g/mol. The van der Waals surface area contributed by atoms with Crippen molar-refractivity contribution >= 4 is 15.7 Å². The lowest BCUT2D eigenvalue weighted by Crippen LogP contribution is -2.28. The smallest absolute Gasteiger partial charge is 0.260 e. The fraction of sp³-hybridized carbons (Fsp3) is 0.500. The van der Waals surface area contributed by atoms with Crippen molar-refractivity contribution in [3.05, 3.63) is 18.3 Å². The van der Waals surface area contributed by atoms with Gasteiger partial charge in [-0.2, -0.15) is 0 Å². The molecular weight excluding hydrogens is 226 g/mol. The Balaban J connectivity index is 2.98. The van der Waals surface area contributed by atoms with Crippen molar-refractivity contribution in [2.45, 2.75) is 18.9 Å². The van der Waals surface area contributed by atoms with Gasteiger partial charge >= 0.3 is 0 Å². The van der Waals surface area contributed by atoms with E-state index in [2.05, 4.69) is 15.0 Å². The van der Waals surface area contributed by atoms with Crippen LogP contribution in [0.4, 0.5) is 5.69 Å². The minimum atomic E-state index is -3.52. The fourth-order valence-corrected chi connectivity index (χ4v) is 2.49. The summed E-state index contributed by atoms with van der Waals surface area (Å²) in [6.45, 7) is 4.29. The second-order valence-electron chi connectivity index (χ2n) is 3.85. The van der Waals surface area contributed by atoms with Crippen LogP contribution in [0.15, 0.2) is 23.4 Å². The number of hydrogen-bond acceptors (Lipinski definition) is 4. The number of anilines is 1. The van der Waals surface area contributed by atoms with Crippen LogP contribution in [0.2, 0.25) is 0 Å². The Kier molecular flexibility index (Phi) is 4.26. The molecule has 5 nitrogen and oxygen atoms in total. The average molecular weight is 243 g/mol. The summed E-state index contributed by atoms with van der Waals surface area (Å²) in [4.78, 5) is 3.89. The van der Waals surface area contributed by atoms with E-state index in [1.165, 1.54) is 6.20 Å². The van der Waals surface area contributed by atoms with Gasteiger partial charge in [0.15, 0.2) is 5.03 Å². The molecule has 1 aromatic rings. The van der Waals surface area contributed by atoms with E-state index in [1.807, 2.05) is 13.8 Å². The lowest BCUT2D eigenvalue weighted by atomic mass is 10.2. The van der Waals surface area contributed by atoms with Gasteiger partial charge in [0.25, 0.3) is 10.0 Å². The predicted molar refractivity (Wildman–Crippen MR) is 63.8 cm³/mol. The zero-order valence-corrected chi connectivity index (χ0v) is 10.5. The van der Waals surface area contributed by atoms with Crippen LogP contribution in [-0.2, 0) is 10.0 Å². The number of pyridine rings is 1. The van der Waals surface area contributed by atoms with Crippen LogP contribution in [0, 0.1) is 5.92 Å². The number of nitrogens with one attached hydrogen (secondary N) is 2. The first-order valence-electron chi connectivity index (χ1n) is 5.10. The minimum absolute atomic E-state index is 0.0400.